The molecular formula is C23H17ClN4O2. The quantitative estimate of drug-likeness (QED) is 0.523. The van der Waals surface area contributed by atoms with Crippen LogP contribution >= 0.6 is 11.6 Å². The zero-order valence-electron chi connectivity index (χ0n) is 15.8. The predicted octanol–water partition coefficient (Wildman–Crippen LogP) is 4.11. The number of nitrogens with zero attached hydrogens (tertiary/aromatic N) is 2. The Hall–Kier alpha value is -3.51. The maximum atomic E-state index is 12.1. The summed E-state index contributed by atoms with van der Waals surface area (Å²) < 4.78 is 0. The standard InChI is InChI=1S/C23H17ClN4O2/c24-21-18(11-20(27-28-21)19-12-25-23(30)26-22(19)29)17-10-16(17)15-8-6-14(7-9-15)13-4-2-1-3-5-13/h1-9,11-12,16-17H,10H2,(H2,25,26,29,30). The van der Waals surface area contributed by atoms with E-state index >= 15 is 0 Å². The number of halogens is 1. The zero-order chi connectivity index (χ0) is 20.7. The SMILES string of the molecule is O=c1[nH]cc(-c2cc(C3CC3c3ccc(-c4ccccc4)cc3)c(Cl)nn2)c(=O)[nH]1. The Labute approximate surface area is 176 Å². The Morgan fingerprint density at radius 1 is 0.900 bits per heavy atom. The fourth-order valence-electron chi connectivity index (χ4n) is 3.84. The summed E-state index contributed by atoms with van der Waals surface area (Å²) in [4.78, 5) is 28.0. The highest BCUT2D eigenvalue weighted by Crippen LogP contribution is 2.56. The molecule has 2 aromatic heterocycles. The van der Waals surface area contributed by atoms with Crippen LogP contribution in [0.5, 0.6) is 0 Å². The molecule has 0 saturated heterocycles. The summed E-state index contributed by atoms with van der Waals surface area (Å²) in [7, 11) is 0. The Bertz CT molecular complexity index is 1330. The summed E-state index contributed by atoms with van der Waals surface area (Å²) in [6.45, 7) is 0. The minimum Gasteiger partial charge on any atom is -0.313 e. The molecule has 2 N–H and O–H groups in total. The molecule has 0 radical (unpaired) electrons. The van der Waals surface area contributed by atoms with E-state index in [-0.39, 0.29) is 11.5 Å². The van der Waals surface area contributed by atoms with Gasteiger partial charge in [-0.15, -0.1) is 10.2 Å². The molecule has 2 unspecified atom stereocenters. The second-order valence-electron chi connectivity index (χ2n) is 7.40. The van der Waals surface area contributed by atoms with Gasteiger partial charge in [0.2, 0.25) is 0 Å². The highest BCUT2D eigenvalue weighted by atomic mass is 35.5. The van der Waals surface area contributed by atoms with Gasteiger partial charge in [-0.1, -0.05) is 66.2 Å². The van der Waals surface area contributed by atoms with Crippen LogP contribution in [0.3, 0.4) is 0 Å². The van der Waals surface area contributed by atoms with Gasteiger partial charge in [0.15, 0.2) is 5.15 Å². The van der Waals surface area contributed by atoms with Crippen LogP contribution in [0.25, 0.3) is 22.4 Å². The lowest BCUT2D eigenvalue weighted by Gasteiger charge is -2.07. The summed E-state index contributed by atoms with van der Waals surface area (Å²) in [6.07, 6.45) is 2.30. The summed E-state index contributed by atoms with van der Waals surface area (Å²) in [5.41, 5.74) is 4.05. The lowest BCUT2D eigenvalue weighted by molar-refractivity contribution is 0.952. The third-order valence-electron chi connectivity index (χ3n) is 5.51. The van der Waals surface area contributed by atoms with Crippen molar-refractivity contribution in [3.63, 3.8) is 0 Å². The lowest BCUT2D eigenvalue weighted by atomic mass is 10.0. The van der Waals surface area contributed by atoms with Crippen LogP contribution < -0.4 is 11.2 Å². The second-order valence-corrected chi connectivity index (χ2v) is 7.76. The van der Waals surface area contributed by atoms with E-state index in [1.165, 1.54) is 22.9 Å². The van der Waals surface area contributed by atoms with Gasteiger partial charge in [-0.25, -0.2) is 4.79 Å². The molecule has 0 spiro atoms. The zero-order valence-corrected chi connectivity index (χ0v) is 16.6. The number of H-pyrrole nitrogens is 2. The molecule has 0 bridgehead atoms. The molecule has 1 saturated carbocycles. The van der Waals surface area contributed by atoms with Crippen LogP contribution in [0.2, 0.25) is 5.15 Å². The molecule has 4 aromatic rings. The number of benzene rings is 2. The second kappa shape index (κ2) is 7.39. The van der Waals surface area contributed by atoms with E-state index in [1.54, 1.807) is 6.07 Å². The molecule has 148 valence electrons. The Kier molecular flexibility index (Phi) is 4.56. The summed E-state index contributed by atoms with van der Waals surface area (Å²) in [5.74, 6) is 0.564. The maximum Gasteiger partial charge on any atom is 0.325 e. The number of nitrogens with one attached hydrogen (secondary N) is 2. The van der Waals surface area contributed by atoms with E-state index in [0.717, 1.165) is 12.0 Å². The molecule has 30 heavy (non-hydrogen) atoms. The minimum absolute atomic E-state index is 0.219. The van der Waals surface area contributed by atoms with Crippen molar-refractivity contribution >= 4 is 11.6 Å². The topological polar surface area (TPSA) is 91.5 Å². The first-order chi connectivity index (χ1) is 14.6. The van der Waals surface area contributed by atoms with Crippen molar-refractivity contribution in [2.75, 3.05) is 0 Å². The molecule has 5 rings (SSSR count). The van der Waals surface area contributed by atoms with Crippen LogP contribution in [0.4, 0.5) is 0 Å². The van der Waals surface area contributed by atoms with Gasteiger partial charge in [0, 0.05) is 6.20 Å². The van der Waals surface area contributed by atoms with E-state index in [9.17, 15) is 9.59 Å². The smallest absolute Gasteiger partial charge is 0.313 e. The summed E-state index contributed by atoms with van der Waals surface area (Å²) in [5, 5.41) is 8.40. The van der Waals surface area contributed by atoms with Gasteiger partial charge in [-0.3, -0.25) is 9.78 Å². The van der Waals surface area contributed by atoms with Crippen LogP contribution in [0.15, 0.2) is 76.4 Å². The molecule has 6 nitrogen and oxygen atoms in total. The van der Waals surface area contributed by atoms with E-state index < -0.39 is 11.2 Å². The van der Waals surface area contributed by atoms with Crippen molar-refractivity contribution in [2.45, 2.75) is 18.3 Å². The van der Waals surface area contributed by atoms with Crippen molar-refractivity contribution in [2.24, 2.45) is 0 Å². The van der Waals surface area contributed by atoms with Crippen LogP contribution in [0, 0.1) is 0 Å². The Morgan fingerprint density at radius 3 is 2.37 bits per heavy atom. The first-order valence-electron chi connectivity index (χ1n) is 9.61. The number of aromatic amines is 2. The monoisotopic (exact) mass is 416 g/mol. The molecular weight excluding hydrogens is 400 g/mol. The number of rotatable bonds is 4. The number of hydrogen-bond acceptors (Lipinski definition) is 4. The van der Waals surface area contributed by atoms with Gasteiger partial charge in [-0.2, -0.15) is 0 Å². The third kappa shape index (κ3) is 3.46. The molecule has 2 atom stereocenters. The van der Waals surface area contributed by atoms with Crippen LogP contribution in [-0.2, 0) is 0 Å². The average molecular weight is 417 g/mol. The summed E-state index contributed by atoms with van der Waals surface area (Å²) in [6, 6.07) is 20.6. The molecule has 2 heterocycles. The van der Waals surface area contributed by atoms with Gasteiger partial charge in [0.05, 0.1) is 5.56 Å². The third-order valence-corrected chi connectivity index (χ3v) is 5.80. The molecule has 0 aliphatic heterocycles. The van der Waals surface area contributed by atoms with Gasteiger partial charge < -0.3 is 4.98 Å². The van der Waals surface area contributed by atoms with Crippen molar-refractivity contribution in [3.05, 3.63) is 104 Å². The number of aromatic nitrogens is 4. The van der Waals surface area contributed by atoms with Gasteiger partial charge in [0.25, 0.3) is 5.56 Å². The van der Waals surface area contributed by atoms with Crippen LogP contribution in [-0.4, -0.2) is 20.2 Å². The molecule has 1 aliphatic rings. The first kappa shape index (κ1) is 18.5. The first-order valence-corrected chi connectivity index (χ1v) is 9.99. The predicted molar refractivity (Wildman–Crippen MR) is 116 cm³/mol. The fraction of sp³-hybridized carbons (Fsp3) is 0.130. The van der Waals surface area contributed by atoms with Gasteiger partial charge >= 0.3 is 5.69 Å². The number of hydrogen-bond donors (Lipinski definition) is 2. The molecule has 1 fully saturated rings. The van der Waals surface area contributed by atoms with Crippen molar-refractivity contribution in [3.8, 4) is 22.4 Å². The average Bonchev–Trinajstić information content (AvgIpc) is 3.56. The molecule has 1 aliphatic carbocycles. The van der Waals surface area contributed by atoms with E-state index in [4.69, 9.17) is 11.6 Å². The maximum absolute atomic E-state index is 12.1. The fourth-order valence-corrected chi connectivity index (χ4v) is 4.08. The van der Waals surface area contributed by atoms with E-state index in [2.05, 4.69) is 56.6 Å². The van der Waals surface area contributed by atoms with Crippen molar-refractivity contribution in [1.82, 2.24) is 20.2 Å². The summed E-state index contributed by atoms with van der Waals surface area (Å²) >= 11 is 6.32. The van der Waals surface area contributed by atoms with E-state index in [0.29, 0.717) is 16.8 Å². The normalized spacial score (nSPS) is 17.6. The minimum atomic E-state index is -0.563. The molecule has 0 amide bonds. The van der Waals surface area contributed by atoms with E-state index in [1.807, 2.05) is 18.2 Å². The highest BCUT2D eigenvalue weighted by Gasteiger charge is 2.41. The highest BCUT2D eigenvalue weighted by molar-refractivity contribution is 6.30. The van der Waals surface area contributed by atoms with Gasteiger partial charge in [0.1, 0.15) is 5.69 Å². The van der Waals surface area contributed by atoms with Gasteiger partial charge in [-0.05, 0) is 46.6 Å². The van der Waals surface area contributed by atoms with Crippen molar-refractivity contribution < 1.29 is 0 Å². The largest absolute Gasteiger partial charge is 0.325 e. The molecule has 7 heteroatoms. The lowest BCUT2D eigenvalue weighted by Crippen LogP contribution is -2.23. The molecule has 2 aromatic carbocycles. The van der Waals surface area contributed by atoms with Crippen LogP contribution in [0.1, 0.15) is 29.4 Å². The van der Waals surface area contributed by atoms with Crippen molar-refractivity contribution in [1.29, 1.82) is 0 Å². The Morgan fingerprint density at radius 2 is 1.63 bits per heavy atom. The Balaban J connectivity index is 1.41.